The molecule has 5 heteroatoms. The molecular formula is C12H17F3O2. The summed E-state index contributed by atoms with van der Waals surface area (Å²) in [4.78, 5) is 10.6. The molecule has 0 aromatic rings. The van der Waals surface area contributed by atoms with Gasteiger partial charge < -0.3 is 4.74 Å². The van der Waals surface area contributed by atoms with Crippen molar-refractivity contribution in [2.45, 2.75) is 57.7 Å². The third-order valence-corrected chi connectivity index (χ3v) is 2.31. The first-order valence-corrected chi connectivity index (χ1v) is 5.63. The number of alkyl halides is 3. The van der Waals surface area contributed by atoms with Gasteiger partial charge >= 0.3 is 12.1 Å². The number of ether oxygens (including phenoxy) is 1. The van der Waals surface area contributed by atoms with Gasteiger partial charge in [0, 0.05) is 6.42 Å². The first kappa shape index (κ1) is 15.8. The van der Waals surface area contributed by atoms with Crippen molar-refractivity contribution in [3.8, 4) is 12.3 Å². The van der Waals surface area contributed by atoms with Crippen LogP contribution in [0, 0.1) is 12.3 Å². The summed E-state index contributed by atoms with van der Waals surface area (Å²) in [6.45, 7) is 1.69. The molecule has 0 saturated heterocycles. The van der Waals surface area contributed by atoms with E-state index in [0.29, 0.717) is 25.7 Å². The van der Waals surface area contributed by atoms with E-state index in [-0.39, 0.29) is 0 Å². The van der Waals surface area contributed by atoms with Gasteiger partial charge in [-0.2, -0.15) is 13.2 Å². The fourth-order valence-corrected chi connectivity index (χ4v) is 1.34. The number of unbranched alkanes of at least 4 members (excludes halogenated alkanes) is 3. The summed E-state index contributed by atoms with van der Waals surface area (Å²) in [5.74, 6) is 0.384. The zero-order chi connectivity index (χ0) is 13.3. The molecule has 0 aliphatic rings. The zero-order valence-electron chi connectivity index (χ0n) is 9.85. The summed E-state index contributed by atoms with van der Waals surface area (Å²) < 4.78 is 40.2. The maximum atomic E-state index is 11.9. The molecule has 2 nitrogen and oxygen atoms in total. The largest absolute Gasteiger partial charge is 0.490 e. The highest BCUT2D eigenvalue weighted by Gasteiger charge is 2.41. The van der Waals surface area contributed by atoms with Crippen LogP contribution < -0.4 is 0 Å². The monoisotopic (exact) mass is 250 g/mol. The lowest BCUT2D eigenvalue weighted by Gasteiger charge is -2.16. The quantitative estimate of drug-likeness (QED) is 0.393. The number of hydrogen-bond donors (Lipinski definition) is 0. The fourth-order valence-electron chi connectivity index (χ4n) is 1.34. The Kier molecular flexibility index (Phi) is 7.44. The molecule has 0 aliphatic carbocycles. The van der Waals surface area contributed by atoms with Gasteiger partial charge in [0.2, 0.25) is 0 Å². The number of esters is 1. The molecule has 0 aromatic carbocycles. The van der Waals surface area contributed by atoms with Crippen LogP contribution in [0.1, 0.15) is 45.4 Å². The Bertz CT molecular complexity index is 266. The Morgan fingerprint density at radius 3 is 2.47 bits per heavy atom. The highest BCUT2D eigenvalue weighted by atomic mass is 19.4. The first-order chi connectivity index (χ1) is 7.91. The van der Waals surface area contributed by atoms with E-state index < -0.39 is 18.2 Å². The topological polar surface area (TPSA) is 26.3 Å². The van der Waals surface area contributed by atoms with Crippen LogP contribution in [0.4, 0.5) is 13.2 Å². The highest BCUT2D eigenvalue weighted by Crippen LogP contribution is 2.20. The minimum Gasteiger partial charge on any atom is -0.456 e. The van der Waals surface area contributed by atoms with Crippen LogP contribution in [0.15, 0.2) is 0 Å². The van der Waals surface area contributed by atoms with Gasteiger partial charge in [-0.3, -0.25) is 0 Å². The summed E-state index contributed by atoms with van der Waals surface area (Å²) >= 11 is 0. The second kappa shape index (κ2) is 7.99. The molecule has 0 N–H and O–H groups in total. The maximum Gasteiger partial charge on any atom is 0.490 e. The smallest absolute Gasteiger partial charge is 0.456 e. The fraction of sp³-hybridized carbons (Fsp3) is 0.750. The summed E-state index contributed by atoms with van der Waals surface area (Å²) in [7, 11) is 0. The molecule has 0 rings (SSSR count). The lowest BCUT2D eigenvalue weighted by Crippen LogP contribution is -2.29. The van der Waals surface area contributed by atoms with Gasteiger partial charge in [-0.1, -0.05) is 13.3 Å². The predicted molar refractivity (Wildman–Crippen MR) is 58.1 cm³/mol. The van der Waals surface area contributed by atoms with Crippen molar-refractivity contribution in [2.24, 2.45) is 0 Å². The van der Waals surface area contributed by atoms with Gasteiger partial charge in [0.15, 0.2) is 0 Å². The molecule has 1 atom stereocenters. The van der Waals surface area contributed by atoms with Crippen molar-refractivity contribution >= 4 is 5.97 Å². The Balaban J connectivity index is 3.85. The van der Waals surface area contributed by atoms with E-state index >= 15 is 0 Å². The van der Waals surface area contributed by atoms with Gasteiger partial charge in [-0.15, -0.1) is 12.3 Å². The normalized spacial score (nSPS) is 12.9. The number of rotatable bonds is 7. The summed E-state index contributed by atoms with van der Waals surface area (Å²) in [6.07, 6.45) is 3.40. The number of carbonyl (C=O) groups is 1. The Hall–Kier alpha value is -1.18. The van der Waals surface area contributed by atoms with E-state index in [2.05, 4.69) is 10.7 Å². The molecule has 0 aliphatic heterocycles. The van der Waals surface area contributed by atoms with Crippen LogP contribution in [-0.2, 0) is 9.53 Å². The minimum absolute atomic E-state index is 0.386. The van der Waals surface area contributed by atoms with Crippen molar-refractivity contribution in [3.63, 3.8) is 0 Å². The van der Waals surface area contributed by atoms with Crippen molar-refractivity contribution in [1.82, 2.24) is 0 Å². The number of carbonyl (C=O) groups excluding carboxylic acids is 1. The molecule has 1 unspecified atom stereocenters. The van der Waals surface area contributed by atoms with Gasteiger partial charge in [-0.05, 0) is 25.7 Å². The molecule has 0 saturated carbocycles. The van der Waals surface area contributed by atoms with Crippen molar-refractivity contribution in [2.75, 3.05) is 0 Å². The van der Waals surface area contributed by atoms with Gasteiger partial charge in [0.05, 0.1) is 0 Å². The van der Waals surface area contributed by atoms with E-state index in [4.69, 9.17) is 6.42 Å². The molecule has 98 valence electrons. The third kappa shape index (κ3) is 7.67. The average Bonchev–Trinajstić information content (AvgIpc) is 2.25. The van der Waals surface area contributed by atoms with E-state index in [9.17, 15) is 18.0 Å². The first-order valence-electron chi connectivity index (χ1n) is 5.63. The Morgan fingerprint density at radius 2 is 2.00 bits per heavy atom. The van der Waals surface area contributed by atoms with E-state index in [1.807, 2.05) is 0 Å². The number of terminal acetylenes is 1. The summed E-state index contributed by atoms with van der Waals surface area (Å²) in [5, 5.41) is 0. The SMILES string of the molecule is C#CCCCCCC(CC)OC(=O)C(F)(F)F. The van der Waals surface area contributed by atoms with Crippen LogP contribution >= 0.6 is 0 Å². The molecule has 0 aromatic heterocycles. The van der Waals surface area contributed by atoms with E-state index in [1.165, 1.54) is 0 Å². The molecule has 0 fully saturated rings. The van der Waals surface area contributed by atoms with Crippen LogP contribution in [-0.4, -0.2) is 18.2 Å². The maximum absolute atomic E-state index is 11.9. The zero-order valence-corrected chi connectivity index (χ0v) is 9.85. The lowest BCUT2D eigenvalue weighted by molar-refractivity contribution is -0.205. The Labute approximate surface area is 99.5 Å². The van der Waals surface area contributed by atoms with E-state index in [0.717, 1.165) is 12.8 Å². The predicted octanol–water partition coefficient (Wildman–Crippen LogP) is 3.45. The minimum atomic E-state index is -4.91. The lowest BCUT2D eigenvalue weighted by atomic mass is 10.1. The van der Waals surface area contributed by atoms with Gasteiger partial charge in [0.25, 0.3) is 0 Å². The molecule has 0 heterocycles. The summed E-state index contributed by atoms with van der Waals surface area (Å²) in [6, 6.07) is 0. The third-order valence-electron chi connectivity index (χ3n) is 2.31. The molecule has 17 heavy (non-hydrogen) atoms. The molecule has 0 bridgehead atoms. The standard InChI is InChI=1S/C12H17F3O2/c1-3-5-6-7-8-9-10(4-2)17-11(16)12(13,14)15/h1,10H,4-9H2,2H3. The van der Waals surface area contributed by atoms with Gasteiger partial charge in [0.1, 0.15) is 6.10 Å². The van der Waals surface area contributed by atoms with E-state index in [1.54, 1.807) is 6.92 Å². The summed E-state index contributed by atoms with van der Waals surface area (Å²) in [5.41, 5.74) is 0. The van der Waals surface area contributed by atoms with Gasteiger partial charge in [-0.25, -0.2) is 4.79 Å². The van der Waals surface area contributed by atoms with Crippen LogP contribution in [0.3, 0.4) is 0 Å². The average molecular weight is 250 g/mol. The van der Waals surface area contributed by atoms with Crippen LogP contribution in [0.2, 0.25) is 0 Å². The second-order valence-electron chi connectivity index (χ2n) is 3.74. The molecule has 0 amide bonds. The molecular weight excluding hydrogens is 233 g/mol. The highest BCUT2D eigenvalue weighted by molar-refractivity contribution is 5.75. The Morgan fingerprint density at radius 1 is 1.35 bits per heavy atom. The molecule has 0 radical (unpaired) electrons. The number of hydrogen-bond acceptors (Lipinski definition) is 2. The molecule has 0 spiro atoms. The second-order valence-corrected chi connectivity index (χ2v) is 3.74. The van der Waals surface area contributed by atoms with Crippen LogP contribution in [0.25, 0.3) is 0 Å². The van der Waals surface area contributed by atoms with Crippen molar-refractivity contribution < 1.29 is 22.7 Å². The van der Waals surface area contributed by atoms with Crippen molar-refractivity contribution in [3.05, 3.63) is 0 Å². The number of halogens is 3. The van der Waals surface area contributed by atoms with Crippen molar-refractivity contribution in [1.29, 1.82) is 0 Å². The van der Waals surface area contributed by atoms with Crippen LogP contribution in [0.5, 0.6) is 0 Å².